The Bertz CT molecular complexity index is 468. The summed E-state index contributed by atoms with van der Waals surface area (Å²) in [6.45, 7) is 4.21. The van der Waals surface area contributed by atoms with Crippen LogP contribution in [0.5, 0.6) is 0 Å². The number of hydrogen-bond acceptors (Lipinski definition) is 3. The first-order valence-corrected chi connectivity index (χ1v) is 5.82. The summed E-state index contributed by atoms with van der Waals surface area (Å²) in [4.78, 5) is 11.6. The second-order valence-electron chi connectivity index (χ2n) is 3.96. The van der Waals surface area contributed by atoms with E-state index < -0.39 is 11.9 Å². The van der Waals surface area contributed by atoms with E-state index in [0.717, 1.165) is 12.5 Å². The number of nitrogens with one attached hydrogen (secondary N) is 2. The van der Waals surface area contributed by atoms with Gasteiger partial charge in [-0.3, -0.25) is 4.79 Å². The van der Waals surface area contributed by atoms with Crippen LogP contribution in [0.3, 0.4) is 0 Å². The first kappa shape index (κ1) is 14.0. The van der Waals surface area contributed by atoms with Crippen LogP contribution >= 0.6 is 0 Å². The summed E-state index contributed by atoms with van der Waals surface area (Å²) < 4.78 is 13.6. The molecule has 0 aliphatic heterocycles. The van der Waals surface area contributed by atoms with Crippen LogP contribution in [-0.2, 0) is 4.79 Å². The van der Waals surface area contributed by atoms with Crippen molar-refractivity contribution in [3.8, 4) is 6.07 Å². The number of carbonyl (C=O) groups is 1. The van der Waals surface area contributed by atoms with Gasteiger partial charge in [0.25, 0.3) is 0 Å². The molecular weight excluding hydrogens is 233 g/mol. The Balaban J connectivity index is 2.67. The Labute approximate surface area is 106 Å². The molecule has 1 aromatic carbocycles. The van der Waals surface area contributed by atoms with Gasteiger partial charge in [0.1, 0.15) is 11.9 Å². The van der Waals surface area contributed by atoms with E-state index in [0.29, 0.717) is 6.54 Å². The van der Waals surface area contributed by atoms with Gasteiger partial charge < -0.3 is 10.6 Å². The number of rotatable bonds is 5. The van der Waals surface area contributed by atoms with E-state index in [1.807, 2.05) is 13.0 Å². The Morgan fingerprint density at radius 1 is 1.56 bits per heavy atom. The summed E-state index contributed by atoms with van der Waals surface area (Å²) in [6.07, 6.45) is 0.851. The van der Waals surface area contributed by atoms with Crippen molar-refractivity contribution in [1.29, 1.82) is 5.26 Å². The largest absolute Gasteiger partial charge is 0.372 e. The van der Waals surface area contributed by atoms with Gasteiger partial charge >= 0.3 is 0 Å². The minimum atomic E-state index is -0.538. The molecule has 1 amide bonds. The fourth-order valence-electron chi connectivity index (χ4n) is 1.40. The number of carbonyl (C=O) groups excluding carboxylic acids is 1. The molecule has 0 heterocycles. The lowest BCUT2D eigenvalue weighted by Crippen LogP contribution is -2.38. The van der Waals surface area contributed by atoms with E-state index in [-0.39, 0.29) is 17.2 Å². The molecule has 0 radical (unpaired) electrons. The van der Waals surface area contributed by atoms with Gasteiger partial charge in [-0.15, -0.1) is 0 Å². The van der Waals surface area contributed by atoms with Gasteiger partial charge in [-0.05, 0) is 31.5 Å². The molecule has 96 valence electrons. The van der Waals surface area contributed by atoms with E-state index in [2.05, 4.69) is 10.6 Å². The first-order valence-electron chi connectivity index (χ1n) is 5.82. The zero-order chi connectivity index (χ0) is 13.5. The zero-order valence-corrected chi connectivity index (χ0v) is 10.5. The van der Waals surface area contributed by atoms with Gasteiger partial charge in [0.05, 0.1) is 17.3 Å². The smallest absolute Gasteiger partial charge is 0.242 e. The third-order valence-electron chi connectivity index (χ3n) is 2.41. The highest BCUT2D eigenvalue weighted by Gasteiger charge is 2.13. The van der Waals surface area contributed by atoms with Crippen molar-refractivity contribution in [2.75, 3.05) is 11.9 Å². The summed E-state index contributed by atoms with van der Waals surface area (Å²) in [6, 6.07) is 5.42. The number of nitrogens with zero attached hydrogens (tertiary/aromatic N) is 1. The number of nitriles is 1. The second kappa shape index (κ2) is 6.60. The second-order valence-corrected chi connectivity index (χ2v) is 3.96. The lowest BCUT2D eigenvalue weighted by Gasteiger charge is -2.15. The lowest BCUT2D eigenvalue weighted by atomic mass is 10.2. The molecule has 1 aromatic rings. The van der Waals surface area contributed by atoms with E-state index in [1.165, 1.54) is 12.1 Å². The molecule has 0 bridgehead atoms. The van der Waals surface area contributed by atoms with Crippen molar-refractivity contribution in [1.82, 2.24) is 5.32 Å². The molecule has 5 heteroatoms. The fraction of sp³-hybridized carbons (Fsp3) is 0.385. The topological polar surface area (TPSA) is 64.9 Å². The van der Waals surface area contributed by atoms with Crippen molar-refractivity contribution >= 4 is 11.6 Å². The van der Waals surface area contributed by atoms with E-state index in [1.54, 1.807) is 6.92 Å². The zero-order valence-electron chi connectivity index (χ0n) is 10.5. The highest BCUT2D eigenvalue weighted by atomic mass is 19.1. The summed E-state index contributed by atoms with van der Waals surface area (Å²) >= 11 is 0. The number of benzene rings is 1. The quantitative estimate of drug-likeness (QED) is 0.839. The lowest BCUT2D eigenvalue weighted by molar-refractivity contribution is -0.121. The predicted octanol–water partition coefficient (Wildman–Crippen LogP) is 2.02. The van der Waals surface area contributed by atoms with Crippen molar-refractivity contribution in [2.45, 2.75) is 26.3 Å². The standard InChI is InChI=1S/C13H16FN3O/c1-3-6-16-13(18)9(2)17-12-5-4-10(8-15)7-11(12)14/h4-5,7,9,17H,3,6H2,1-2H3,(H,16,18). The Hall–Kier alpha value is -2.09. The SMILES string of the molecule is CCCNC(=O)C(C)Nc1ccc(C#N)cc1F. The normalized spacial score (nSPS) is 11.4. The average molecular weight is 249 g/mol. The molecule has 0 aliphatic carbocycles. The van der Waals surface area contributed by atoms with Crippen molar-refractivity contribution in [3.63, 3.8) is 0 Å². The van der Waals surface area contributed by atoms with Crippen LogP contribution in [0.2, 0.25) is 0 Å². The van der Waals surface area contributed by atoms with E-state index >= 15 is 0 Å². The van der Waals surface area contributed by atoms with Crippen LogP contribution < -0.4 is 10.6 Å². The maximum atomic E-state index is 13.6. The van der Waals surface area contributed by atoms with E-state index in [4.69, 9.17) is 5.26 Å². The molecule has 18 heavy (non-hydrogen) atoms. The van der Waals surface area contributed by atoms with Gasteiger partial charge in [0.2, 0.25) is 5.91 Å². The van der Waals surface area contributed by atoms with Gasteiger partial charge in [-0.1, -0.05) is 6.92 Å². The molecule has 0 aromatic heterocycles. The van der Waals surface area contributed by atoms with Gasteiger partial charge in [-0.25, -0.2) is 4.39 Å². The van der Waals surface area contributed by atoms with Gasteiger partial charge in [0, 0.05) is 6.54 Å². The molecule has 1 unspecified atom stereocenters. The van der Waals surface area contributed by atoms with Crippen LogP contribution in [0.25, 0.3) is 0 Å². The molecular formula is C13H16FN3O. The molecule has 0 aliphatic rings. The summed E-state index contributed by atoms with van der Waals surface area (Å²) in [5, 5.41) is 14.1. The van der Waals surface area contributed by atoms with E-state index in [9.17, 15) is 9.18 Å². The third kappa shape index (κ3) is 3.74. The van der Waals surface area contributed by atoms with Crippen LogP contribution in [0.4, 0.5) is 10.1 Å². The molecule has 0 saturated heterocycles. The number of hydrogen-bond donors (Lipinski definition) is 2. The molecule has 1 rings (SSSR count). The van der Waals surface area contributed by atoms with Crippen LogP contribution in [0.1, 0.15) is 25.8 Å². The van der Waals surface area contributed by atoms with Gasteiger partial charge in [0.15, 0.2) is 0 Å². The fourth-order valence-corrected chi connectivity index (χ4v) is 1.40. The number of amides is 1. The van der Waals surface area contributed by atoms with Crippen molar-refractivity contribution in [2.24, 2.45) is 0 Å². The van der Waals surface area contributed by atoms with Crippen molar-refractivity contribution in [3.05, 3.63) is 29.6 Å². The maximum absolute atomic E-state index is 13.6. The van der Waals surface area contributed by atoms with Crippen LogP contribution in [0.15, 0.2) is 18.2 Å². The highest BCUT2D eigenvalue weighted by molar-refractivity contribution is 5.84. The number of halogens is 1. The summed E-state index contributed by atoms with van der Waals surface area (Å²) in [5.74, 6) is -0.718. The molecule has 1 atom stereocenters. The Morgan fingerprint density at radius 3 is 2.83 bits per heavy atom. The van der Waals surface area contributed by atoms with Crippen molar-refractivity contribution < 1.29 is 9.18 Å². The monoisotopic (exact) mass is 249 g/mol. The predicted molar refractivity (Wildman–Crippen MR) is 67.5 cm³/mol. The molecule has 4 nitrogen and oxygen atoms in total. The molecule has 2 N–H and O–H groups in total. The first-order chi connectivity index (χ1) is 8.58. The average Bonchev–Trinajstić information content (AvgIpc) is 2.38. The summed E-state index contributed by atoms with van der Waals surface area (Å²) in [5.41, 5.74) is 0.467. The highest BCUT2D eigenvalue weighted by Crippen LogP contribution is 2.16. The van der Waals surface area contributed by atoms with Gasteiger partial charge in [-0.2, -0.15) is 5.26 Å². The summed E-state index contributed by atoms with van der Waals surface area (Å²) in [7, 11) is 0. The maximum Gasteiger partial charge on any atom is 0.242 e. The molecule has 0 spiro atoms. The van der Waals surface area contributed by atoms with Crippen LogP contribution in [-0.4, -0.2) is 18.5 Å². The minimum absolute atomic E-state index is 0.180. The number of anilines is 1. The Kier molecular flexibility index (Phi) is 5.12. The van der Waals surface area contributed by atoms with Crippen LogP contribution in [0, 0.1) is 17.1 Å². The Morgan fingerprint density at radius 2 is 2.28 bits per heavy atom. The molecule has 0 fully saturated rings. The third-order valence-corrected chi connectivity index (χ3v) is 2.41. The minimum Gasteiger partial charge on any atom is -0.372 e. The molecule has 0 saturated carbocycles.